The molecule has 0 aromatic rings. The van der Waals surface area contributed by atoms with Crippen LogP contribution in [-0.2, 0) is 4.79 Å². The summed E-state index contributed by atoms with van der Waals surface area (Å²) < 4.78 is 0. The highest BCUT2D eigenvalue weighted by Gasteiger charge is 2.12. The second-order valence-corrected chi connectivity index (χ2v) is 1.42. The molecule has 0 rings (SSSR count). The topological polar surface area (TPSA) is 57.5 Å². The minimum atomic E-state index is -1.00. The van der Waals surface area contributed by atoms with E-state index < -0.39 is 5.97 Å². The zero-order valence-corrected chi connectivity index (χ0v) is 4.72. The Kier molecular flexibility index (Phi) is 3.19. The summed E-state index contributed by atoms with van der Waals surface area (Å²) in [6.07, 6.45) is 0.409. The van der Waals surface area contributed by atoms with Crippen LogP contribution in [0.1, 0.15) is 13.3 Å². The fourth-order valence-electron chi connectivity index (χ4n) is 0.331. The minimum absolute atomic E-state index is 0.157. The largest absolute Gasteiger partial charge is 0.481 e. The number of rotatable bonds is 3. The zero-order valence-electron chi connectivity index (χ0n) is 4.72. The van der Waals surface area contributed by atoms with Gasteiger partial charge in [-0.15, -0.1) is 0 Å². The molecule has 0 atom stereocenters. The Labute approximate surface area is 47.9 Å². The van der Waals surface area contributed by atoms with Crippen LogP contribution in [0.3, 0.4) is 0 Å². The zero-order chi connectivity index (χ0) is 6.57. The first kappa shape index (κ1) is 7.43. The van der Waals surface area contributed by atoms with Crippen LogP contribution in [0.5, 0.6) is 0 Å². The maximum Gasteiger partial charge on any atom is 0.313 e. The fourth-order valence-corrected chi connectivity index (χ4v) is 0.331. The van der Waals surface area contributed by atoms with Crippen LogP contribution in [0.2, 0.25) is 0 Å². The lowest BCUT2D eigenvalue weighted by molar-refractivity contribution is -0.135. The van der Waals surface area contributed by atoms with Crippen molar-refractivity contribution < 1.29 is 15.0 Å². The van der Waals surface area contributed by atoms with Gasteiger partial charge in [0.2, 0.25) is 0 Å². The summed E-state index contributed by atoms with van der Waals surface area (Å²) in [6.45, 7) is 1.35. The van der Waals surface area contributed by atoms with Crippen molar-refractivity contribution in [2.75, 3.05) is 6.61 Å². The summed E-state index contributed by atoms with van der Waals surface area (Å²) in [5, 5.41) is 16.5. The van der Waals surface area contributed by atoms with E-state index >= 15 is 0 Å². The molecular formula is C5H9O3. The number of aliphatic carboxylic acids is 1. The lowest BCUT2D eigenvalue weighted by atomic mass is 10.1. The third-order valence-corrected chi connectivity index (χ3v) is 0.920. The van der Waals surface area contributed by atoms with Gasteiger partial charge in [-0.25, -0.2) is 0 Å². The van der Waals surface area contributed by atoms with E-state index in [1.807, 2.05) is 0 Å². The van der Waals surface area contributed by atoms with Gasteiger partial charge >= 0.3 is 5.97 Å². The van der Waals surface area contributed by atoms with Gasteiger partial charge in [0.25, 0.3) is 0 Å². The number of carboxylic acids is 1. The molecule has 3 nitrogen and oxygen atoms in total. The highest BCUT2D eigenvalue weighted by Crippen LogP contribution is 2.01. The molecule has 0 fully saturated rings. The molecule has 47 valence electrons. The number of aliphatic hydroxyl groups is 1. The van der Waals surface area contributed by atoms with Crippen LogP contribution in [0.4, 0.5) is 0 Å². The Bertz CT molecular complexity index is 75.7. The van der Waals surface area contributed by atoms with Crippen LogP contribution in [0.15, 0.2) is 0 Å². The van der Waals surface area contributed by atoms with Crippen molar-refractivity contribution in [2.24, 2.45) is 0 Å². The van der Waals surface area contributed by atoms with Crippen molar-refractivity contribution in [3.05, 3.63) is 5.92 Å². The van der Waals surface area contributed by atoms with Crippen LogP contribution < -0.4 is 0 Å². The number of carboxylic acid groups (broad SMARTS) is 1. The van der Waals surface area contributed by atoms with Gasteiger partial charge in [0, 0.05) is 0 Å². The first-order valence-electron chi connectivity index (χ1n) is 2.41. The van der Waals surface area contributed by atoms with Gasteiger partial charge in [0.05, 0.1) is 6.61 Å². The molecule has 0 aromatic heterocycles. The molecule has 0 amide bonds. The van der Waals surface area contributed by atoms with Crippen LogP contribution in [0, 0.1) is 5.92 Å². The quantitative estimate of drug-likeness (QED) is 0.549. The molecule has 0 aliphatic carbocycles. The van der Waals surface area contributed by atoms with Crippen molar-refractivity contribution >= 4 is 5.97 Å². The summed E-state index contributed by atoms with van der Waals surface area (Å²) in [7, 11) is 0. The smallest absolute Gasteiger partial charge is 0.313 e. The second kappa shape index (κ2) is 3.43. The summed E-state index contributed by atoms with van der Waals surface area (Å²) in [5.74, 6) is -0.847. The highest BCUT2D eigenvalue weighted by molar-refractivity contribution is 5.82. The van der Waals surface area contributed by atoms with E-state index in [1.165, 1.54) is 0 Å². The minimum Gasteiger partial charge on any atom is -0.481 e. The van der Waals surface area contributed by atoms with E-state index in [9.17, 15) is 4.79 Å². The second-order valence-electron chi connectivity index (χ2n) is 1.42. The normalized spacial score (nSPS) is 9.88. The van der Waals surface area contributed by atoms with E-state index in [-0.39, 0.29) is 12.5 Å². The molecule has 1 radical (unpaired) electrons. The summed E-state index contributed by atoms with van der Waals surface area (Å²) in [6, 6.07) is 0. The molecule has 0 aromatic carbocycles. The van der Waals surface area contributed by atoms with Crippen molar-refractivity contribution in [3.8, 4) is 0 Å². The third-order valence-electron chi connectivity index (χ3n) is 0.920. The average Bonchev–Trinajstić information content (AvgIpc) is 1.69. The van der Waals surface area contributed by atoms with Crippen LogP contribution in [-0.4, -0.2) is 22.8 Å². The SMILES string of the molecule is CC[C](CO)C(=O)O. The van der Waals surface area contributed by atoms with Gasteiger partial charge in [-0.3, -0.25) is 4.79 Å². The van der Waals surface area contributed by atoms with Crippen LogP contribution >= 0.6 is 0 Å². The molecule has 3 heteroatoms. The van der Waals surface area contributed by atoms with Gasteiger partial charge in [0.1, 0.15) is 5.92 Å². The van der Waals surface area contributed by atoms with Crippen molar-refractivity contribution in [1.82, 2.24) is 0 Å². The van der Waals surface area contributed by atoms with E-state index in [2.05, 4.69) is 0 Å². The Morgan fingerprint density at radius 3 is 2.12 bits per heavy atom. The Balaban J connectivity index is 3.52. The molecule has 0 heterocycles. The monoisotopic (exact) mass is 117 g/mol. The summed E-state index contributed by atoms with van der Waals surface area (Å²) in [5.41, 5.74) is 0. The first-order valence-corrected chi connectivity index (χ1v) is 2.41. The lowest BCUT2D eigenvalue weighted by Crippen LogP contribution is -2.13. The predicted molar refractivity (Wildman–Crippen MR) is 28.3 cm³/mol. The number of hydrogen-bond acceptors (Lipinski definition) is 2. The molecule has 0 saturated heterocycles. The highest BCUT2D eigenvalue weighted by atomic mass is 16.4. The molecule has 0 saturated carbocycles. The summed E-state index contributed by atoms with van der Waals surface area (Å²) >= 11 is 0. The molecule has 0 aliphatic rings. The Morgan fingerprint density at radius 2 is 2.12 bits per heavy atom. The van der Waals surface area contributed by atoms with Crippen molar-refractivity contribution in [2.45, 2.75) is 13.3 Å². The molecule has 0 bridgehead atoms. The molecular weight excluding hydrogens is 108 g/mol. The Morgan fingerprint density at radius 1 is 1.62 bits per heavy atom. The van der Waals surface area contributed by atoms with Gasteiger partial charge in [-0.1, -0.05) is 6.92 Å². The number of aliphatic hydroxyl groups excluding tert-OH is 1. The van der Waals surface area contributed by atoms with E-state index in [0.717, 1.165) is 0 Å². The maximum absolute atomic E-state index is 9.96. The first-order chi connectivity index (χ1) is 3.72. The third kappa shape index (κ3) is 1.93. The van der Waals surface area contributed by atoms with Crippen molar-refractivity contribution in [3.63, 3.8) is 0 Å². The molecule has 0 aliphatic heterocycles. The lowest BCUT2D eigenvalue weighted by Gasteiger charge is -2.00. The van der Waals surface area contributed by atoms with Gasteiger partial charge < -0.3 is 10.2 Å². The Hall–Kier alpha value is -0.570. The van der Waals surface area contributed by atoms with Crippen LogP contribution in [0.25, 0.3) is 0 Å². The predicted octanol–water partition coefficient (Wildman–Crippen LogP) is 0.0478. The standard InChI is InChI=1S/C5H9O3/c1-2-4(3-6)5(7)8/h6H,2-3H2,1H3,(H,7,8). The van der Waals surface area contributed by atoms with E-state index in [1.54, 1.807) is 6.92 Å². The average molecular weight is 117 g/mol. The van der Waals surface area contributed by atoms with Crippen molar-refractivity contribution in [1.29, 1.82) is 0 Å². The van der Waals surface area contributed by atoms with Gasteiger partial charge in [-0.2, -0.15) is 0 Å². The van der Waals surface area contributed by atoms with E-state index in [4.69, 9.17) is 10.2 Å². The number of hydrogen-bond donors (Lipinski definition) is 2. The summed E-state index contributed by atoms with van der Waals surface area (Å²) in [4.78, 5) is 9.96. The molecule has 0 unspecified atom stereocenters. The maximum atomic E-state index is 9.96. The molecule has 8 heavy (non-hydrogen) atoms. The van der Waals surface area contributed by atoms with E-state index in [0.29, 0.717) is 6.42 Å². The fraction of sp³-hybridized carbons (Fsp3) is 0.600. The number of carbonyl (C=O) groups is 1. The molecule has 0 spiro atoms. The van der Waals surface area contributed by atoms with Gasteiger partial charge in [-0.05, 0) is 6.42 Å². The molecule has 2 N–H and O–H groups in total. The van der Waals surface area contributed by atoms with Gasteiger partial charge in [0.15, 0.2) is 0 Å².